The number of nitrogens with zero attached hydrogens (tertiary/aromatic N) is 4. The molecule has 4 N–H and O–H groups in total. The Bertz CT molecular complexity index is 1570. The molecule has 0 radical (unpaired) electrons. The van der Waals surface area contributed by atoms with Crippen molar-refractivity contribution < 1.29 is 14.3 Å². The minimum atomic E-state index is -0.269. The van der Waals surface area contributed by atoms with Crippen LogP contribution in [0.2, 0.25) is 0 Å². The van der Waals surface area contributed by atoms with Gasteiger partial charge in [-0.25, -0.2) is 4.98 Å². The van der Waals surface area contributed by atoms with E-state index in [0.717, 1.165) is 22.3 Å². The first-order valence-corrected chi connectivity index (χ1v) is 12.3. The number of nitrogen functional groups attached to an aromatic ring is 2. The van der Waals surface area contributed by atoms with Crippen LogP contribution in [0.5, 0.6) is 11.5 Å². The predicted octanol–water partition coefficient (Wildman–Crippen LogP) is 4.38. The molecule has 196 valence electrons. The molecule has 3 aromatic carbocycles. The molecule has 39 heavy (non-hydrogen) atoms. The molecule has 0 aliphatic carbocycles. The minimum Gasteiger partial charge on any atom is -0.493 e. The highest BCUT2D eigenvalue weighted by atomic mass is 16.5. The van der Waals surface area contributed by atoms with Crippen LogP contribution in [-0.4, -0.2) is 41.2 Å². The van der Waals surface area contributed by atoms with Gasteiger partial charge in [0.15, 0.2) is 17.3 Å². The molecule has 0 saturated heterocycles. The number of carbonyl (C=O) groups is 1. The quantitative estimate of drug-likeness (QED) is 0.259. The fourth-order valence-electron chi connectivity index (χ4n) is 4.64. The average Bonchev–Trinajstić information content (AvgIpc) is 2.96. The number of nitrogens with two attached hydrogens (primary N) is 2. The van der Waals surface area contributed by atoms with E-state index in [9.17, 15) is 4.79 Å². The van der Waals surface area contributed by atoms with Gasteiger partial charge in [-0.3, -0.25) is 9.80 Å². The molecule has 0 amide bonds. The van der Waals surface area contributed by atoms with Gasteiger partial charge in [0.2, 0.25) is 5.95 Å². The highest BCUT2D eigenvalue weighted by Crippen LogP contribution is 2.36. The first kappa shape index (κ1) is 25.5. The molecular formula is C30H28N6O3. The number of carbonyl (C=O) groups excluding carboxylic acids is 1. The molecule has 1 aliphatic rings. The number of hydrazone groups is 1. The van der Waals surface area contributed by atoms with Gasteiger partial charge in [-0.1, -0.05) is 54.6 Å². The molecule has 0 bridgehead atoms. The molecule has 9 heteroatoms. The van der Waals surface area contributed by atoms with E-state index in [2.05, 4.69) is 33.3 Å². The van der Waals surface area contributed by atoms with E-state index in [4.69, 9.17) is 20.9 Å². The lowest BCUT2D eigenvalue weighted by atomic mass is 9.93. The normalized spacial score (nSPS) is 14.3. The lowest BCUT2D eigenvalue weighted by molar-refractivity contribution is 0.104. The second kappa shape index (κ2) is 11.1. The Morgan fingerprint density at radius 2 is 1.79 bits per heavy atom. The van der Waals surface area contributed by atoms with E-state index in [0.29, 0.717) is 29.0 Å². The van der Waals surface area contributed by atoms with Crippen LogP contribution in [0.4, 0.5) is 11.8 Å². The van der Waals surface area contributed by atoms with Crippen molar-refractivity contribution in [2.24, 2.45) is 5.10 Å². The van der Waals surface area contributed by atoms with Gasteiger partial charge in [0, 0.05) is 36.0 Å². The molecule has 1 atom stereocenters. The summed E-state index contributed by atoms with van der Waals surface area (Å²) >= 11 is 0. The van der Waals surface area contributed by atoms with Crippen LogP contribution in [0, 0.1) is 0 Å². The first-order valence-electron chi connectivity index (χ1n) is 12.3. The van der Waals surface area contributed by atoms with Crippen LogP contribution in [0.1, 0.15) is 44.2 Å². The van der Waals surface area contributed by atoms with E-state index in [1.165, 1.54) is 20.3 Å². The summed E-state index contributed by atoms with van der Waals surface area (Å²) in [4.78, 5) is 21.6. The zero-order chi connectivity index (χ0) is 27.4. The van der Waals surface area contributed by atoms with Crippen molar-refractivity contribution in [3.8, 4) is 11.5 Å². The summed E-state index contributed by atoms with van der Waals surface area (Å²) < 4.78 is 11.1. The lowest BCUT2D eigenvalue weighted by Gasteiger charge is -2.31. The summed E-state index contributed by atoms with van der Waals surface area (Å²) in [6.07, 6.45) is 6.93. The number of ether oxygens (including phenoxy) is 2. The molecule has 1 aromatic heterocycles. The molecule has 0 spiro atoms. The van der Waals surface area contributed by atoms with Crippen molar-refractivity contribution in [3.05, 3.63) is 119 Å². The Labute approximate surface area is 226 Å². The minimum absolute atomic E-state index is 0.0985. The van der Waals surface area contributed by atoms with Gasteiger partial charge in [0.25, 0.3) is 0 Å². The van der Waals surface area contributed by atoms with E-state index in [1.54, 1.807) is 35.8 Å². The number of hydrogen-bond acceptors (Lipinski definition) is 9. The monoisotopic (exact) mass is 520 g/mol. The maximum atomic E-state index is 13.6. The van der Waals surface area contributed by atoms with Crippen molar-refractivity contribution in [1.29, 1.82) is 0 Å². The Hall–Kier alpha value is -5.18. The number of rotatable bonds is 8. The third-order valence-corrected chi connectivity index (χ3v) is 6.49. The van der Waals surface area contributed by atoms with Crippen molar-refractivity contribution >= 4 is 23.8 Å². The zero-order valence-electron chi connectivity index (χ0n) is 21.6. The largest absolute Gasteiger partial charge is 0.493 e. The van der Waals surface area contributed by atoms with Crippen molar-refractivity contribution in [2.75, 3.05) is 25.7 Å². The fourth-order valence-corrected chi connectivity index (χ4v) is 4.64. The van der Waals surface area contributed by atoms with Crippen LogP contribution in [-0.2, 0) is 6.42 Å². The molecule has 9 nitrogen and oxygen atoms in total. The molecule has 1 aliphatic heterocycles. The number of anilines is 2. The third kappa shape index (κ3) is 5.28. The van der Waals surface area contributed by atoms with E-state index >= 15 is 0 Å². The summed E-state index contributed by atoms with van der Waals surface area (Å²) in [5.74, 6) is 0.870. The summed E-state index contributed by atoms with van der Waals surface area (Å²) in [5.41, 5.74) is 16.7. The lowest BCUT2D eigenvalue weighted by Crippen LogP contribution is -2.25. The SMILES string of the molecule is COc1cc(Cc2cnc(N)nc2N)cc(C(=O)/C=C/N2N=Cc3ccccc3[C@@H]2c2ccccc2)c1OC. The van der Waals surface area contributed by atoms with Crippen LogP contribution in [0.3, 0.4) is 0 Å². The van der Waals surface area contributed by atoms with E-state index < -0.39 is 0 Å². The van der Waals surface area contributed by atoms with Gasteiger partial charge in [-0.2, -0.15) is 10.1 Å². The third-order valence-electron chi connectivity index (χ3n) is 6.49. The van der Waals surface area contributed by atoms with Gasteiger partial charge in [-0.15, -0.1) is 0 Å². The second-order valence-corrected chi connectivity index (χ2v) is 8.94. The number of aromatic nitrogens is 2. The number of fused-ring (bicyclic) bond motifs is 1. The summed E-state index contributed by atoms with van der Waals surface area (Å²) in [5, 5.41) is 6.42. The van der Waals surface area contributed by atoms with Crippen LogP contribution >= 0.6 is 0 Å². The van der Waals surface area contributed by atoms with Gasteiger partial charge in [-0.05, 0) is 28.8 Å². The summed E-state index contributed by atoms with van der Waals surface area (Å²) in [7, 11) is 3.03. The second-order valence-electron chi connectivity index (χ2n) is 8.94. The molecule has 0 saturated carbocycles. The van der Waals surface area contributed by atoms with Crippen LogP contribution in [0.15, 0.2) is 90.3 Å². The molecule has 0 fully saturated rings. The van der Waals surface area contributed by atoms with Crippen molar-refractivity contribution in [1.82, 2.24) is 15.0 Å². The predicted molar refractivity (Wildman–Crippen MR) is 151 cm³/mol. The Kier molecular flexibility index (Phi) is 7.22. The fraction of sp³-hybridized carbons (Fsp3) is 0.133. The van der Waals surface area contributed by atoms with Gasteiger partial charge in [0.05, 0.1) is 26.0 Å². The van der Waals surface area contributed by atoms with Gasteiger partial charge < -0.3 is 20.9 Å². The van der Waals surface area contributed by atoms with E-state index in [1.807, 2.05) is 36.4 Å². The number of hydrogen-bond donors (Lipinski definition) is 2. The zero-order valence-corrected chi connectivity index (χ0v) is 21.6. The van der Waals surface area contributed by atoms with Crippen LogP contribution < -0.4 is 20.9 Å². The number of benzene rings is 3. The highest BCUT2D eigenvalue weighted by molar-refractivity contribution is 6.07. The number of methoxy groups -OCH3 is 2. The van der Waals surface area contributed by atoms with E-state index in [-0.39, 0.29) is 23.6 Å². The maximum absolute atomic E-state index is 13.6. The van der Waals surface area contributed by atoms with Crippen LogP contribution in [0.25, 0.3) is 0 Å². The number of allylic oxidation sites excluding steroid dienone is 1. The first-order chi connectivity index (χ1) is 19.0. The smallest absolute Gasteiger partial charge is 0.221 e. The van der Waals surface area contributed by atoms with Crippen molar-refractivity contribution in [2.45, 2.75) is 12.5 Å². The molecular weight excluding hydrogens is 492 g/mol. The maximum Gasteiger partial charge on any atom is 0.221 e. The Morgan fingerprint density at radius 1 is 1.03 bits per heavy atom. The Morgan fingerprint density at radius 3 is 2.54 bits per heavy atom. The number of ketones is 1. The Balaban J connectivity index is 1.49. The van der Waals surface area contributed by atoms with Gasteiger partial charge in [0.1, 0.15) is 11.9 Å². The molecule has 4 aromatic rings. The molecule has 5 rings (SSSR count). The average molecular weight is 521 g/mol. The topological polar surface area (TPSA) is 129 Å². The standard InChI is InChI=1S/C30H28N6O3/c1-38-26-16-19(14-22-17-33-30(32)35-29(22)31)15-24(28(26)39-2)25(37)12-13-36-27(20-8-4-3-5-9-20)23-11-7-6-10-21(23)18-34-36/h3-13,15-18,27H,14H2,1-2H3,(H4,31,32,33,35)/b13-12+/t27-/m0/s1. The molecule has 2 heterocycles. The summed E-state index contributed by atoms with van der Waals surface area (Å²) in [6.45, 7) is 0. The molecule has 0 unspecified atom stereocenters. The van der Waals surface area contributed by atoms with Gasteiger partial charge >= 0.3 is 0 Å². The summed E-state index contributed by atoms with van der Waals surface area (Å²) in [6, 6.07) is 21.5. The van der Waals surface area contributed by atoms with Crippen molar-refractivity contribution in [3.63, 3.8) is 0 Å². The highest BCUT2D eigenvalue weighted by Gasteiger charge is 2.25.